The maximum absolute atomic E-state index is 12.6. The summed E-state index contributed by atoms with van der Waals surface area (Å²) in [6, 6.07) is -4.21. The second kappa shape index (κ2) is 15.3. The third-order valence-electron chi connectivity index (χ3n) is 4.26. The molecule has 0 fully saturated rings. The van der Waals surface area contributed by atoms with Crippen LogP contribution in [0.1, 0.15) is 26.7 Å². The highest BCUT2D eigenvalue weighted by Gasteiger charge is 2.30. The van der Waals surface area contributed by atoms with Crippen LogP contribution in [0.5, 0.6) is 0 Å². The molecule has 10 nitrogen and oxygen atoms in total. The molecule has 0 saturated heterocycles. The molecule has 0 saturated carbocycles. The van der Waals surface area contributed by atoms with Gasteiger partial charge in [-0.05, 0) is 42.8 Å². The topological polar surface area (TPSA) is 171 Å². The van der Waals surface area contributed by atoms with E-state index in [-0.39, 0.29) is 12.3 Å². The minimum atomic E-state index is -1.28. The van der Waals surface area contributed by atoms with E-state index in [2.05, 4.69) is 16.0 Å². The van der Waals surface area contributed by atoms with Crippen molar-refractivity contribution in [2.45, 2.75) is 50.9 Å². The molecule has 0 aliphatic heterocycles. The first-order valence-electron chi connectivity index (χ1n) is 9.57. The van der Waals surface area contributed by atoms with Crippen LogP contribution in [0.25, 0.3) is 0 Å². The van der Waals surface area contributed by atoms with Crippen LogP contribution in [0, 0.1) is 5.92 Å². The van der Waals surface area contributed by atoms with Crippen LogP contribution in [-0.4, -0.2) is 88.7 Å². The number of thioether (sulfide) groups is 2. The van der Waals surface area contributed by atoms with Gasteiger partial charge >= 0.3 is 5.97 Å². The van der Waals surface area contributed by atoms with E-state index < -0.39 is 54.5 Å². The number of nitrogens with one attached hydrogen (secondary N) is 3. The fourth-order valence-electron chi connectivity index (χ4n) is 2.39. The number of rotatable bonds is 15. The zero-order valence-electron chi connectivity index (χ0n) is 17.8. The Morgan fingerprint density at radius 3 is 1.83 bits per heavy atom. The Bertz CT molecular complexity index is 579. The molecule has 0 aromatic rings. The second-order valence-electron chi connectivity index (χ2n) is 7.04. The number of hydrogen-bond acceptors (Lipinski definition) is 8. The van der Waals surface area contributed by atoms with Gasteiger partial charge in [0.15, 0.2) is 0 Å². The van der Waals surface area contributed by atoms with Crippen LogP contribution in [0.15, 0.2) is 0 Å². The van der Waals surface area contributed by atoms with E-state index in [9.17, 15) is 29.4 Å². The van der Waals surface area contributed by atoms with Crippen LogP contribution in [0.3, 0.4) is 0 Å². The molecule has 4 atom stereocenters. The maximum atomic E-state index is 12.6. The zero-order chi connectivity index (χ0) is 23.3. The minimum Gasteiger partial charge on any atom is -0.480 e. The first kappa shape index (κ1) is 28.5. The van der Waals surface area contributed by atoms with Gasteiger partial charge < -0.3 is 31.9 Å². The van der Waals surface area contributed by atoms with Gasteiger partial charge in [-0.3, -0.25) is 14.4 Å². The highest BCUT2D eigenvalue weighted by molar-refractivity contribution is 7.98. The number of hydrogen-bond donors (Lipinski definition) is 6. The molecule has 30 heavy (non-hydrogen) atoms. The van der Waals surface area contributed by atoms with E-state index in [0.29, 0.717) is 17.9 Å². The first-order chi connectivity index (χ1) is 14.1. The van der Waals surface area contributed by atoms with Gasteiger partial charge in [-0.25, -0.2) is 4.79 Å². The van der Waals surface area contributed by atoms with E-state index in [1.54, 1.807) is 13.8 Å². The summed E-state index contributed by atoms with van der Waals surface area (Å²) in [6.45, 7) is 2.64. The molecule has 4 unspecified atom stereocenters. The smallest absolute Gasteiger partial charge is 0.326 e. The van der Waals surface area contributed by atoms with Crippen molar-refractivity contribution in [2.24, 2.45) is 11.7 Å². The largest absolute Gasteiger partial charge is 0.480 e. The van der Waals surface area contributed by atoms with Crippen LogP contribution < -0.4 is 21.7 Å². The third kappa shape index (κ3) is 10.5. The quantitative estimate of drug-likeness (QED) is 0.177. The normalized spacial score (nSPS) is 15.0. The Hall–Kier alpha value is -1.50. The van der Waals surface area contributed by atoms with Gasteiger partial charge in [-0.2, -0.15) is 23.5 Å². The fraction of sp³-hybridized carbons (Fsp3) is 0.778. The number of amides is 3. The summed E-state index contributed by atoms with van der Waals surface area (Å²) in [6.07, 6.45) is 4.38. The second-order valence-corrected chi connectivity index (χ2v) is 9.01. The highest BCUT2D eigenvalue weighted by Crippen LogP contribution is 2.06. The number of carboxylic acid groups (broad SMARTS) is 1. The SMILES string of the molecule is CSCCC(N)C(=O)NC(CO)C(=O)NC(CCSC)C(=O)NC(C(=O)O)C(C)C. The molecule has 3 amide bonds. The van der Waals surface area contributed by atoms with Crippen molar-refractivity contribution < 1.29 is 29.4 Å². The van der Waals surface area contributed by atoms with E-state index in [1.165, 1.54) is 23.5 Å². The number of carbonyl (C=O) groups is 4. The van der Waals surface area contributed by atoms with Gasteiger partial charge in [-0.15, -0.1) is 0 Å². The summed E-state index contributed by atoms with van der Waals surface area (Å²) < 4.78 is 0. The van der Waals surface area contributed by atoms with Crippen molar-refractivity contribution in [2.75, 3.05) is 30.6 Å². The molecule has 0 aliphatic rings. The fourth-order valence-corrected chi connectivity index (χ4v) is 3.35. The van der Waals surface area contributed by atoms with E-state index in [1.807, 2.05) is 12.5 Å². The molecule has 7 N–H and O–H groups in total. The average Bonchev–Trinajstić information content (AvgIpc) is 2.69. The predicted molar refractivity (Wildman–Crippen MR) is 119 cm³/mol. The number of aliphatic carboxylic acids is 1. The molecular formula is C18H34N4O6S2. The lowest BCUT2D eigenvalue weighted by molar-refractivity contribution is -0.143. The summed E-state index contributed by atoms with van der Waals surface area (Å²) in [5, 5.41) is 26.1. The molecule has 0 radical (unpaired) electrons. The molecule has 0 bridgehead atoms. The van der Waals surface area contributed by atoms with Crippen molar-refractivity contribution >= 4 is 47.2 Å². The average molecular weight is 467 g/mol. The molecule has 0 spiro atoms. The van der Waals surface area contributed by atoms with Crippen LogP contribution in [0.4, 0.5) is 0 Å². The molecule has 0 aromatic heterocycles. The predicted octanol–water partition coefficient (Wildman–Crippen LogP) is -0.993. The summed E-state index contributed by atoms with van der Waals surface area (Å²) in [5.74, 6) is -2.29. The molecule has 0 aromatic carbocycles. The van der Waals surface area contributed by atoms with Crippen molar-refractivity contribution in [3.63, 3.8) is 0 Å². The number of nitrogens with two attached hydrogens (primary N) is 1. The maximum Gasteiger partial charge on any atom is 0.326 e. The van der Waals surface area contributed by atoms with Gasteiger partial charge in [0.25, 0.3) is 0 Å². The summed E-state index contributed by atoms with van der Waals surface area (Å²) in [5.41, 5.74) is 5.77. The van der Waals surface area contributed by atoms with Crippen molar-refractivity contribution in [1.29, 1.82) is 0 Å². The van der Waals surface area contributed by atoms with Gasteiger partial charge in [0.1, 0.15) is 18.1 Å². The van der Waals surface area contributed by atoms with Crippen LogP contribution in [-0.2, 0) is 19.2 Å². The number of carboxylic acids is 1. The molecule has 0 rings (SSSR count). The molecule has 174 valence electrons. The van der Waals surface area contributed by atoms with Crippen molar-refractivity contribution in [1.82, 2.24) is 16.0 Å². The highest BCUT2D eigenvalue weighted by atomic mass is 32.2. The minimum absolute atomic E-state index is 0.252. The lowest BCUT2D eigenvalue weighted by Crippen LogP contribution is -2.58. The summed E-state index contributed by atoms with van der Waals surface area (Å²) in [4.78, 5) is 48.6. The van der Waals surface area contributed by atoms with Crippen LogP contribution in [0.2, 0.25) is 0 Å². The Morgan fingerprint density at radius 1 is 0.867 bits per heavy atom. The van der Waals surface area contributed by atoms with Crippen molar-refractivity contribution in [3.05, 3.63) is 0 Å². The third-order valence-corrected chi connectivity index (χ3v) is 5.55. The standard InChI is InChI=1S/C18H34N4O6S2/c1-10(2)14(18(27)28)22-16(25)12(6-8-30-4)20-17(26)13(9-23)21-15(24)11(19)5-7-29-3/h10-14,23H,5-9,19H2,1-4H3,(H,20,26)(H,21,24)(H,22,25)(H,27,28). The summed E-state index contributed by atoms with van der Waals surface area (Å²) in [7, 11) is 0. The van der Waals surface area contributed by atoms with Gasteiger partial charge in [0, 0.05) is 0 Å². The number of aliphatic hydroxyl groups is 1. The Morgan fingerprint density at radius 2 is 1.37 bits per heavy atom. The van der Waals surface area contributed by atoms with Crippen LogP contribution >= 0.6 is 23.5 Å². The Labute approximate surface area is 185 Å². The molecule has 0 heterocycles. The van der Waals surface area contributed by atoms with Crippen molar-refractivity contribution in [3.8, 4) is 0 Å². The number of carbonyl (C=O) groups excluding carboxylic acids is 3. The van der Waals surface area contributed by atoms with Gasteiger partial charge in [0.2, 0.25) is 17.7 Å². The molecule has 12 heteroatoms. The summed E-state index contributed by atoms with van der Waals surface area (Å²) >= 11 is 2.99. The lowest BCUT2D eigenvalue weighted by atomic mass is 10.0. The lowest BCUT2D eigenvalue weighted by Gasteiger charge is -2.25. The van der Waals surface area contributed by atoms with Gasteiger partial charge in [-0.1, -0.05) is 13.8 Å². The zero-order valence-corrected chi connectivity index (χ0v) is 19.5. The molecule has 0 aliphatic carbocycles. The van der Waals surface area contributed by atoms with E-state index in [4.69, 9.17) is 5.73 Å². The van der Waals surface area contributed by atoms with Gasteiger partial charge in [0.05, 0.1) is 12.6 Å². The molecular weight excluding hydrogens is 432 g/mol. The first-order valence-corrected chi connectivity index (χ1v) is 12.4. The van der Waals surface area contributed by atoms with E-state index in [0.717, 1.165) is 0 Å². The number of aliphatic hydroxyl groups excluding tert-OH is 1. The van der Waals surface area contributed by atoms with E-state index >= 15 is 0 Å². The Kier molecular flexibility index (Phi) is 14.6. The monoisotopic (exact) mass is 466 g/mol. The Balaban J connectivity index is 5.14.